The van der Waals surface area contributed by atoms with Crippen LogP contribution in [0.3, 0.4) is 0 Å². The third-order valence-electron chi connectivity index (χ3n) is 3.39. The van der Waals surface area contributed by atoms with Gasteiger partial charge in [-0.05, 0) is 43.1 Å². The average Bonchev–Trinajstić information content (AvgIpc) is 3.31. The topological polar surface area (TPSA) is 87.2 Å². The molecule has 0 aliphatic rings. The largest absolute Gasteiger partial charge is 0.242 e. The molecule has 4 rings (SSSR count). The van der Waals surface area contributed by atoms with E-state index in [-0.39, 0.29) is 0 Å². The van der Waals surface area contributed by atoms with Gasteiger partial charge < -0.3 is 0 Å². The summed E-state index contributed by atoms with van der Waals surface area (Å²) in [7, 11) is 2.71. The van der Waals surface area contributed by atoms with Crippen LogP contribution in [0.4, 0.5) is 0 Å². The first-order valence-corrected chi connectivity index (χ1v) is 9.98. The second-order valence-corrected chi connectivity index (χ2v) is 7.41. The second kappa shape index (κ2) is 8.11. The highest BCUT2D eigenvalue weighted by Crippen LogP contribution is 2.32. The highest BCUT2D eigenvalue weighted by Gasteiger charge is 2.09. The fraction of sp³-hybridized carbons (Fsp3) is 0.125. The molecule has 0 unspecified atom stereocenters. The van der Waals surface area contributed by atoms with Crippen LogP contribution in [0.15, 0.2) is 71.0 Å². The lowest BCUT2D eigenvalue weighted by Crippen LogP contribution is -2.03. The number of tetrazole rings is 2. The molecule has 0 bridgehead atoms. The fourth-order valence-corrected chi connectivity index (χ4v) is 3.62. The molecule has 0 aliphatic heterocycles. The van der Waals surface area contributed by atoms with Crippen molar-refractivity contribution in [3.8, 4) is 0 Å². The lowest BCUT2D eigenvalue weighted by atomic mass is 10.2. The van der Waals surface area contributed by atoms with Gasteiger partial charge in [0.2, 0.25) is 10.3 Å². The molecule has 0 radical (unpaired) electrons. The van der Waals surface area contributed by atoms with Gasteiger partial charge in [-0.2, -0.15) is 9.59 Å². The van der Waals surface area contributed by atoms with E-state index in [9.17, 15) is 0 Å². The van der Waals surface area contributed by atoms with Gasteiger partial charge in [0, 0.05) is 0 Å². The Morgan fingerprint density at radius 3 is 1.46 bits per heavy atom. The zero-order valence-electron chi connectivity index (χ0n) is 13.6. The quantitative estimate of drug-likeness (QED) is 0.451. The van der Waals surface area contributed by atoms with E-state index in [0.29, 0.717) is 23.4 Å². The van der Waals surface area contributed by atoms with E-state index in [0.717, 1.165) is 11.1 Å². The van der Waals surface area contributed by atoms with Gasteiger partial charge in [-0.15, -0.1) is 20.4 Å². The third kappa shape index (κ3) is 4.46. The Morgan fingerprint density at radius 2 is 1.04 bits per heavy atom. The summed E-state index contributed by atoms with van der Waals surface area (Å²) < 4.78 is 0. The van der Waals surface area contributed by atoms with E-state index < -0.39 is 0 Å². The molecule has 0 fully saturated rings. The second-order valence-electron chi connectivity index (χ2n) is 5.34. The summed E-state index contributed by atoms with van der Waals surface area (Å²) in [6.07, 6.45) is 0. The molecule has 10 heteroatoms. The van der Waals surface area contributed by atoms with E-state index >= 15 is 0 Å². The summed E-state index contributed by atoms with van der Waals surface area (Å²) in [6.45, 7) is 1.18. The Bertz CT molecular complexity index is 875. The lowest BCUT2D eigenvalue weighted by molar-refractivity contribution is 0.568. The van der Waals surface area contributed by atoms with Crippen molar-refractivity contribution in [3.63, 3.8) is 0 Å². The first kappa shape index (κ1) is 16.7. The maximum Gasteiger partial charge on any atom is 0.242 e. The highest BCUT2D eigenvalue weighted by molar-refractivity contribution is 8.76. The minimum absolute atomic E-state index is 0.561. The van der Waals surface area contributed by atoms with E-state index in [1.165, 1.54) is 21.6 Å². The van der Waals surface area contributed by atoms with Crippen molar-refractivity contribution < 1.29 is 0 Å². The predicted octanol–water partition coefficient (Wildman–Crippen LogP) is 2.56. The van der Waals surface area contributed by atoms with Crippen LogP contribution in [-0.2, 0) is 13.1 Å². The number of rotatable bonds is 7. The average molecular weight is 382 g/mol. The molecule has 0 aliphatic carbocycles. The van der Waals surface area contributed by atoms with Crippen molar-refractivity contribution in [2.24, 2.45) is 0 Å². The molecular formula is C16H14N8S2. The molecule has 0 N–H and O–H groups in total. The molecule has 2 heterocycles. The first-order valence-electron chi connectivity index (χ1n) is 7.83. The molecule has 2 aromatic carbocycles. The molecule has 0 saturated heterocycles. The fourth-order valence-electron chi connectivity index (χ4n) is 2.23. The summed E-state index contributed by atoms with van der Waals surface area (Å²) in [5.41, 5.74) is 2.25. The van der Waals surface area contributed by atoms with Crippen molar-refractivity contribution in [1.29, 1.82) is 0 Å². The van der Waals surface area contributed by atoms with Gasteiger partial charge in [-0.25, -0.2) is 0 Å². The Labute approximate surface area is 157 Å². The van der Waals surface area contributed by atoms with Gasteiger partial charge in [0.25, 0.3) is 0 Å². The van der Waals surface area contributed by atoms with Crippen LogP contribution in [0.25, 0.3) is 0 Å². The third-order valence-corrected chi connectivity index (χ3v) is 5.25. The van der Waals surface area contributed by atoms with Crippen LogP contribution in [0.1, 0.15) is 11.1 Å². The smallest absolute Gasteiger partial charge is 0.159 e. The molecule has 130 valence electrons. The van der Waals surface area contributed by atoms with E-state index in [2.05, 4.69) is 30.8 Å². The predicted molar refractivity (Wildman–Crippen MR) is 98.4 cm³/mol. The summed E-state index contributed by atoms with van der Waals surface area (Å²) in [5, 5.41) is 26.0. The van der Waals surface area contributed by atoms with Crippen LogP contribution in [-0.4, -0.2) is 40.4 Å². The van der Waals surface area contributed by atoms with Crippen LogP contribution < -0.4 is 0 Å². The van der Waals surface area contributed by atoms with Gasteiger partial charge in [-0.1, -0.05) is 60.7 Å². The van der Waals surface area contributed by atoms with Crippen molar-refractivity contribution >= 4 is 21.6 Å². The minimum atomic E-state index is 0.561. The highest BCUT2D eigenvalue weighted by atomic mass is 33.1. The molecule has 8 nitrogen and oxygen atoms in total. The van der Waals surface area contributed by atoms with Crippen molar-refractivity contribution in [2.75, 3.05) is 0 Å². The Kier molecular flexibility index (Phi) is 5.22. The Hall–Kier alpha value is -2.72. The van der Waals surface area contributed by atoms with E-state index in [1.54, 1.807) is 9.59 Å². The van der Waals surface area contributed by atoms with Crippen LogP contribution in [0.2, 0.25) is 0 Å². The van der Waals surface area contributed by atoms with Crippen LogP contribution in [0.5, 0.6) is 0 Å². The van der Waals surface area contributed by atoms with Crippen molar-refractivity contribution in [2.45, 2.75) is 23.4 Å². The number of aromatic nitrogens is 8. The standard InChI is InChI=1S/C16H14N8S2/c1-3-7-13(8-4-1)11-23-19-15(17-21-23)25-26-16-18-22-24(20-16)12-14-9-5-2-6-10-14/h1-10H,11-12H2. The monoisotopic (exact) mass is 382 g/mol. The number of hydrogen-bond acceptors (Lipinski definition) is 8. The van der Waals surface area contributed by atoms with Crippen LogP contribution >= 0.6 is 21.6 Å². The zero-order chi connectivity index (χ0) is 17.6. The zero-order valence-corrected chi connectivity index (χ0v) is 15.2. The summed E-state index contributed by atoms with van der Waals surface area (Å²) >= 11 is 0. The lowest BCUT2D eigenvalue weighted by Gasteiger charge is -1.98. The molecule has 0 amide bonds. The maximum absolute atomic E-state index is 4.35. The van der Waals surface area contributed by atoms with Gasteiger partial charge in [0.05, 0.1) is 13.1 Å². The van der Waals surface area contributed by atoms with Gasteiger partial charge in [0.15, 0.2) is 0 Å². The number of nitrogens with zero attached hydrogens (tertiary/aromatic N) is 8. The maximum atomic E-state index is 4.35. The van der Waals surface area contributed by atoms with Gasteiger partial charge in [-0.3, -0.25) is 0 Å². The van der Waals surface area contributed by atoms with Gasteiger partial charge in [0.1, 0.15) is 0 Å². The molecule has 26 heavy (non-hydrogen) atoms. The first-order chi connectivity index (χ1) is 12.8. The Balaban J connectivity index is 1.32. The number of hydrogen-bond donors (Lipinski definition) is 0. The molecular weight excluding hydrogens is 368 g/mol. The van der Waals surface area contributed by atoms with E-state index in [4.69, 9.17) is 0 Å². The summed E-state index contributed by atoms with van der Waals surface area (Å²) in [5.74, 6) is 0. The Morgan fingerprint density at radius 1 is 0.615 bits per heavy atom. The van der Waals surface area contributed by atoms with Gasteiger partial charge >= 0.3 is 0 Å². The SMILES string of the molecule is c1ccc(Cn2nnc(SSc3nnn(Cc4ccccc4)n3)n2)cc1. The summed E-state index contributed by atoms with van der Waals surface area (Å²) in [6, 6.07) is 20.0. The van der Waals surface area contributed by atoms with E-state index in [1.807, 2.05) is 60.7 Å². The normalized spacial score (nSPS) is 10.9. The molecule has 2 aromatic heterocycles. The number of benzene rings is 2. The van der Waals surface area contributed by atoms with Crippen molar-refractivity contribution in [3.05, 3.63) is 71.8 Å². The molecule has 0 saturated carbocycles. The summed E-state index contributed by atoms with van der Waals surface area (Å²) in [4.78, 5) is 3.13. The minimum Gasteiger partial charge on any atom is -0.159 e. The molecule has 4 aromatic rings. The molecule has 0 atom stereocenters. The van der Waals surface area contributed by atoms with Crippen LogP contribution in [0, 0.1) is 0 Å². The van der Waals surface area contributed by atoms with Crippen molar-refractivity contribution in [1.82, 2.24) is 40.4 Å². The molecule has 0 spiro atoms.